The first kappa shape index (κ1) is 18.3. The van der Waals surface area contributed by atoms with Gasteiger partial charge in [0.2, 0.25) is 15.6 Å². The number of aliphatic hydroxyl groups is 1. The van der Waals surface area contributed by atoms with E-state index < -0.39 is 27.2 Å². The number of rotatable bonds is 7. The molecule has 24 heavy (non-hydrogen) atoms. The predicted octanol–water partition coefficient (Wildman–Crippen LogP) is 2.38. The molecule has 1 atom stereocenters. The monoisotopic (exact) mass is 348 g/mol. The minimum atomic E-state index is -4.26. The molecule has 2 rings (SSSR count). The van der Waals surface area contributed by atoms with Crippen LogP contribution >= 0.6 is 0 Å². The highest BCUT2D eigenvalue weighted by molar-refractivity contribution is 7.93. The second-order valence-electron chi connectivity index (χ2n) is 5.36. The molecule has 1 unspecified atom stereocenters. The van der Waals surface area contributed by atoms with Crippen LogP contribution in [0.2, 0.25) is 0 Å². The summed E-state index contributed by atoms with van der Waals surface area (Å²) in [6, 6.07) is 14.0. The van der Waals surface area contributed by atoms with Gasteiger partial charge in [-0.1, -0.05) is 48.0 Å². The van der Waals surface area contributed by atoms with E-state index in [1.54, 1.807) is 37.3 Å². The summed E-state index contributed by atoms with van der Waals surface area (Å²) in [6.45, 7) is 2.40. The van der Waals surface area contributed by atoms with Gasteiger partial charge in [-0.25, -0.2) is 8.42 Å². The van der Waals surface area contributed by atoms with Crippen molar-refractivity contribution in [3.8, 4) is 0 Å². The van der Waals surface area contributed by atoms with E-state index in [4.69, 9.17) is 4.74 Å². The standard InChI is InChI=1S/C18H20O5S/c1-3-23-18(13-19,17(20)15-7-5-4-6-8-15)24(21,22)16-11-9-14(2)10-12-16/h4-12,19H,3,13H2,1-2H3. The van der Waals surface area contributed by atoms with Crippen LogP contribution in [0.5, 0.6) is 0 Å². The van der Waals surface area contributed by atoms with Gasteiger partial charge in [-0.2, -0.15) is 0 Å². The van der Waals surface area contributed by atoms with Crippen molar-refractivity contribution in [3.63, 3.8) is 0 Å². The molecule has 0 saturated heterocycles. The molecule has 128 valence electrons. The van der Waals surface area contributed by atoms with Crippen LogP contribution in [-0.4, -0.2) is 37.5 Å². The molecule has 0 heterocycles. The van der Waals surface area contributed by atoms with Gasteiger partial charge >= 0.3 is 0 Å². The van der Waals surface area contributed by atoms with E-state index in [-0.39, 0.29) is 17.1 Å². The summed E-state index contributed by atoms with van der Waals surface area (Å²) < 4.78 is 31.5. The highest BCUT2D eigenvalue weighted by atomic mass is 32.2. The first-order chi connectivity index (χ1) is 11.4. The third-order valence-electron chi connectivity index (χ3n) is 3.73. The average Bonchev–Trinajstić information content (AvgIpc) is 2.60. The second kappa shape index (κ2) is 7.25. The van der Waals surface area contributed by atoms with Crippen molar-refractivity contribution in [1.29, 1.82) is 0 Å². The van der Waals surface area contributed by atoms with Crippen LogP contribution in [0.1, 0.15) is 22.8 Å². The molecule has 0 saturated carbocycles. The Bertz CT molecular complexity index is 797. The Morgan fingerprint density at radius 3 is 2.17 bits per heavy atom. The molecular formula is C18H20O5S. The lowest BCUT2D eigenvalue weighted by atomic mass is 10.1. The average molecular weight is 348 g/mol. The van der Waals surface area contributed by atoms with Crippen LogP contribution in [0.25, 0.3) is 0 Å². The Balaban J connectivity index is 2.62. The number of ether oxygens (including phenoxy) is 1. The number of benzene rings is 2. The van der Waals surface area contributed by atoms with Gasteiger partial charge in [0.15, 0.2) is 0 Å². The van der Waals surface area contributed by atoms with Crippen molar-refractivity contribution in [3.05, 3.63) is 65.7 Å². The molecule has 0 fully saturated rings. The number of Topliss-reactive ketones (excluding diaryl/α,β-unsaturated/α-hetero) is 1. The zero-order valence-electron chi connectivity index (χ0n) is 13.6. The summed E-state index contributed by atoms with van der Waals surface area (Å²) in [5, 5.41) is 9.87. The van der Waals surface area contributed by atoms with Gasteiger partial charge in [-0.15, -0.1) is 0 Å². The van der Waals surface area contributed by atoms with E-state index in [2.05, 4.69) is 0 Å². The van der Waals surface area contributed by atoms with Crippen molar-refractivity contribution in [1.82, 2.24) is 0 Å². The lowest BCUT2D eigenvalue weighted by Crippen LogP contribution is -2.52. The third kappa shape index (κ3) is 3.13. The molecule has 0 aromatic heterocycles. The molecule has 0 bridgehead atoms. The molecule has 0 radical (unpaired) electrons. The van der Waals surface area contributed by atoms with Gasteiger partial charge in [-0.05, 0) is 26.0 Å². The Hall–Kier alpha value is -2.02. The summed E-state index contributed by atoms with van der Waals surface area (Å²) in [4.78, 5) is 10.5. The van der Waals surface area contributed by atoms with E-state index >= 15 is 0 Å². The number of sulfone groups is 1. The fourth-order valence-electron chi connectivity index (χ4n) is 2.42. The summed E-state index contributed by atoms with van der Waals surface area (Å²) in [7, 11) is -4.26. The lowest BCUT2D eigenvalue weighted by Gasteiger charge is -2.30. The summed E-state index contributed by atoms with van der Waals surface area (Å²) >= 11 is 0. The SMILES string of the molecule is CCOC(CO)(C(=O)c1ccccc1)S(=O)(=O)c1ccc(C)cc1. The molecule has 6 heteroatoms. The van der Waals surface area contributed by atoms with Crippen molar-refractivity contribution in [2.24, 2.45) is 0 Å². The normalized spacial score (nSPS) is 14.1. The van der Waals surface area contributed by atoms with Gasteiger partial charge < -0.3 is 9.84 Å². The number of aliphatic hydroxyl groups excluding tert-OH is 1. The number of carbonyl (C=O) groups excluding carboxylic acids is 1. The molecular weight excluding hydrogens is 328 g/mol. The highest BCUT2D eigenvalue weighted by Crippen LogP contribution is 2.31. The summed E-state index contributed by atoms with van der Waals surface area (Å²) in [5.74, 6) is -0.784. The topological polar surface area (TPSA) is 80.7 Å². The van der Waals surface area contributed by atoms with E-state index in [1.165, 1.54) is 24.3 Å². The van der Waals surface area contributed by atoms with E-state index in [9.17, 15) is 18.3 Å². The zero-order chi connectivity index (χ0) is 17.8. The summed E-state index contributed by atoms with van der Waals surface area (Å²) in [5.41, 5.74) is 1.05. The number of ketones is 1. The molecule has 0 aliphatic carbocycles. The molecule has 1 N–H and O–H groups in total. The number of carbonyl (C=O) groups is 1. The Morgan fingerprint density at radius 2 is 1.67 bits per heavy atom. The number of aryl methyl sites for hydroxylation is 1. The Kier molecular flexibility index (Phi) is 5.54. The first-order valence-electron chi connectivity index (χ1n) is 7.55. The van der Waals surface area contributed by atoms with Crippen molar-refractivity contribution >= 4 is 15.6 Å². The molecule has 5 nitrogen and oxygen atoms in total. The fourth-order valence-corrected chi connectivity index (χ4v) is 4.10. The van der Waals surface area contributed by atoms with Gasteiger partial charge in [0, 0.05) is 12.2 Å². The maximum Gasteiger partial charge on any atom is 0.259 e. The molecule has 0 amide bonds. The fraction of sp³-hybridized carbons (Fsp3) is 0.278. The van der Waals surface area contributed by atoms with Crippen molar-refractivity contribution in [2.75, 3.05) is 13.2 Å². The summed E-state index contributed by atoms with van der Waals surface area (Å²) in [6.07, 6.45) is 0. The van der Waals surface area contributed by atoms with Crippen LogP contribution in [-0.2, 0) is 14.6 Å². The smallest absolute Gasteiger partial charge is 0.259 e. The minimum Gasteiger partial charge on any atom is -0.392 e. The highest BCUT2D eigenvalue weighted by Gasteiger charge is 2.52. The molecule has 2 aromatic rings. The largest absolute Gasteiger partial charge is 0.392 e. The van der Waals surface area contributed by atoms with Gasteiger partial charge in [0.1, 0.15) is 0 Å². The number of hydrogen-bond acceptors (Lipinski definition) is 5. The maximum atomic E-state index is 13.1. The quantitative estimate of drug-likeness (QED) is 0.777. The predicted molar refractivity (Wildman–Crippen MR) is 90.6 cm³/mol. The Labute approximate surface area is 141 Å². The third-order valence-corrected chi connectivity index (χ3v) is 5.93. The van der Waals surface area contributed by atoms with Gasteiger partial charge in [0.25, 0.3) is 4.93 Å². The van der Waals surface area contributed by atoms with Crippen LogP contribution < -0.4 is 0 Å². The number of hydrogen-bond donors (Lipinski definition) is 1. The molecule has 2 aromatic carbocycles. The van der Waals surface area contributed by atoms with Crippen LogP contribution in [0.15, 0.2) is 59.5 Å². The Morgan fingerprint density at radius 1 is 1.08 bits per heavy atom. The van der Waals surface area contributed by atoms with Crippen molar-refractivity contribution < 1.29 is 23.1 Å². The van der Waals surface area contributed by atoms with Gasteiger partial charge in [0.05, 0.1) is 11.5 Å². The maximum absolute atomic E-state index is 13.1. The molecule has 0 aliphatic rings. The van der Waals surface area contributed by atoms with E-state index in [1.807, 2.05) is 6.92 Å². The first-order valence-corrected chi connectivity index (χ1v) is 9.03. The van der Waals surface area contributed by atoms with E-state index in [0.29, 0.717) is 0 Å². The van der Waals surface area contributed by atoms with Crippen LogP contribution in [0.4, 0.5) is 0 Å². The zero-order valence-corrected chi connectivity index (χ0v) is 14.4. The van der Waals surface area contributed by atoms with Crippen LogP contribution in [0, 0.1) is 6.92 Å². The van der Waals surface area contributed by atoms with Crippen LogP contribution in [0.3, 0.4) is 0 Å². The molecule has 0 spiro atoms. The van der Waals surface area contributed by atoms with Crippen molar-refractivity contribution in [2.45, 2.75) is 23.7 Å². The lowest BCUT2D eigenvalue weighted by molar-refractivity contribution is -0.00278. The molecule has 0 aliphatic heterocycles. The second-order valence-corrected chi connectivity index (χ2v) is 7.49. The van der Waals surface area contributed by atoms with E-state index in [0.717, 1.165) is 5.56 Å². The van der Waals surface area contributed by atoms with Gasteiger partial charge in [-0.3, -0.25) is 4.79 Å². The minimum absolute atomic E-state index is 0.0375.